The fourth-order valence-electron chi connectivity index (χ4n) is 4.84. The van der Waals surface area contributed by atoms with Crippen LogP contribution in [0.2, 0.25) is 0 Å². The van der Waals surface area contributed by atoms with E-state index in [2.05, 4.69) is 10.2 Å². The van der Waals surface area contributed by atoms with Gasteiger partial charge >= 0.3 is 0 Å². The van der Waals surface area contributed by atoms with Crippen molar-refractivity contribution >= 4 is 32.9 Å². The van der Waals surface area contributed by atoms with Crippen molar-refractivity contribution in [2.45, 2.75) is 30.6 Å². The number of hydrogen-bond donors (Lipinski definition) is 1. The quantitative estimate of drug-likeness (QED) is 0.717. The molecule has 0 aromatic heterocycles. The number of carbonyl (C=O) groups excluding carboxylic acids is 1. The number of hydrogen-bond acceptors (Lipinski definition) is 5. The molecule has 0 spiro atoms. The molecule has 1 saturated carbocycles. The lowest BCUT2D eigenvalue weighted by Crippen LogP contribution is -2.48. The molecule has 0 atom stereocenters. The topological polar surface area (TPSA) is 79.0 Å². The fraction of sp³-hybridized carbons (Fsp3) is 0.375. The zero-order valence-corrected chi connectivity index (χ0v) is 19.0. The zero-order valence-electron chi connectivity index (χ0n) is 18.1. The number of sulfonamides is 1. The van der Waals surface area contributed by atoms with Crippen molar-refractivity contribution < 1.29 is 17.9 Å². The Bertz CT molecular complexity index is 1170. The minimum Gasteiger partial charge on any atom is -0.497 e. The van der Waals surface area contributed by atoms with Crippen LogP contribution in [-0.2, 0) is 14.8 Å². The van der Waals surface area contributed by atoms with Crippen LogP contribution in [0.4, 0.5) is 11.4 Å². The van der Waals surface area contributed by atoms with Gasteiger partial charge < -0.3 is 15.0 Å². The molecule has 1 saturated heterocycles. The summed E-state index contributed by atoms with van der Waals surface area (Å²) in [6.07, 6.45) is 3.98. The first kappa shape index (κ1) is 21.0. The predicted octanol–water partition coefficient (Wildman–Crippen LogP) is 3.49. The molecule has 1 aliphatic carbocycles. The summed E-state index contributed by atoms with van der Waals surface area (Å²) in [4.78, 5) is 15.0. The lowest BCUT2D eigenvalue weighted by molar-refractivity contribution is -0.110. The second-order valence-electron chi connectivity index (χ2n) is 8.44. The number of nitrogens with one attached hydrogen (secondary N) is 1. The highest BCUT2D eigenvalue weighted by Crippen LogP contribution is 2.40. The minimum absolute atomic E-state index is 0.112. The summed E-state index contributed by atoms with van der Waals surface area (Å²) < 4.78 is 33.5. The SMILES string of the molecule is COc1ccc(N2CCN(S(=O)(=O)c3ccc4c(c3)C(=C3CCCC3)C(=O)N4)CC2)cc1. The van der Waals surface area contributed by atoms with Crippen LogP contribution < -0.4 is 15.0 Å². The van der Waals surface area contributed by atoms with E-state index >= 15 is 0 Å². The van der Waals surface area contributed by atoms with Crippen molar-refractivity contribution in [3.05, 3.63) is 53.6 Å². The number of ether oxygens (including phenoxy) is 1. The Morgan fingerprint density at radius 1 is 0.938 bits per heavy atom. The van der Waals surface area contributed by atoms with Crippen LogP contribution in [0.25, 0.3) is 5.57 Å². The fourth-order valence-corrected chi connectivity index (χ4v) is 6.29. The molecule has 7 nitrogen and oxygen atoms in total. The monoisotopic (exact) mass is 453 g/mol. The van der Waals surface area contributed by atoms with E-state index in [1.165, 1.54) is 0 Å². The third-order valence-corrected chi connectivity index (χ3v) is 8.50. The van der Waals surface area contributed by atoms with Gasteiger partial charge in [-0.2, -0.15) is 4.31 Å². The molecular formula is C24H27N3O4S. The van der Waals surface area contributed by atoms with Gasteiger partial charge in [-0.15, -0.1) is 0 Å². The molecule has 1 amide bonds. The first-order chi connectivity index (χ1) is 15.5. The van der Waals surface area contributed by atoms with Crippen molar-refractivity contribution in [3.8, 4) is 5.75 Å². The van der Waals surface area contributed by atoms with Gasteiger partial charge in [0.05, 0.1) is 12.0 Å². The van der Waals surface area contributed by atoms with E-state index in [9.17, 15) is 13.2 Å². The molecule has 8 heteroatoms. The van der Waals surface area contributed by atoms with Crippen molar-refractivity contribution in [1.82, 2.24) is 4.31 Å². The van der Waals surface area contributed by atoms with Crippen molar-refractivity contribution in [2.24, 2.45) is 0 Å². The molecule has 2 aromatic carbocycles. The Morgan fingerprint density at radius 3 is 2.28 bits per heavy atom. The lowest BCUT2D eigenvalue weighted by atomic mass is 10.00. The Morgan fingerprint density at radius 2 is 1.62 bits per heavy atom. The Kier molecular flexibility index (Phi) is 5.43. The summed E-state index contributed by atoms with van der Waals surface area (Å²) in [6.45, 7) is 2.06. The third-order valence-electron chi connectivity index (χ3n) is 6.61. The third kappa shape index (κ3) is 3.67. The molecule has 32 heavy (non-hydrogen) atoms. The highest BCUT2D eigenvalue weighted by atomic mass is 32.2. The van der Waals surface area contributed by atoms with Crippen LogP contribution in [0.15, 0.2) is 52.9 Å². The number of benzene rings is 2. The number of rotatable bonds is 4. The second kappa shape index (κ2) is 8.26. The van der Waals surface area contributed by atoms with Gasteiger partial charge in [-0.25, -0.2) is 8.42 Å². The predicted molar refractivity (Wildman–Crippen MR) is 124 cm³/mol. The molecule has 0 bridgehead atoms. The van der Waals surface area contributed by atoms with Crippen LogP contribution in [0.1, 0.15) is 31.2 Å². The van der Waals surface area contributed by atoms with Gasteiger partial charge in [0, 0.05) is 48.7 Å². The summed E-state index contributed by atoms with van der Waals surface area (Å²) in [7, 11) is -2.00. The number of anilines is 2. The zero-order chi connectivity index (χ0) is 22.3. The first-order valence-electron chi connectivity index (χ1n) is 11.0. The lowest BCUT2D eigenvalue weighted by Gasteiger charge is -2.35. The van der Waals surface area contributed by atoms with Crippen LogP contribution in [0.3, 0.4) is 0 Å². The largest absolute Gasteiger partial charge is 0.497 e. The molecule has 2 aliphatic heterocycles. The number of amides is 1. The molecule has 2 fully saturated rings. The number of piperazine rings is 1. The van der Waals surface area contributed by atoms with Gasteiger partial charge in [-0.3, -0.25) is 4.79 Å². The maximum absolute atomic E-state index is 13.4. The van der Waals surface area contributed by atoms with Crippen molar-refractivity contribution in [2.75, 3.05) is 43.5 Å². The molecule has 2 heterocycles. The summed E-state index contributed by atoms with van der Waals surface area (Å²) in [6, 6.07) is 12.8. The summed E-state index contributed by atoms with van der Waals surface area (Å²) in [5.41, 5.74) is 4.30. The van der Waals surface area contributed by atoms with E-state index in [-0.39, 0.29) is 10.8 Å². The maximum Gasteiger partial charge on any atom is 0.256 e. The molecule has 0 unspecified atom stereocenters. The molecule has 0 radical (unpaired) electrons. The Labute approximate surface area is 188 Å². The number of nitrogens with zero attached hydrogens (tertiary/aromatic N) is 2. The van der Waals surface area contributed by atoms with E-state index in [1.807, 2.05) is 24.3 Å². The van der Waals surface area contributed by atoms with Gasteiger partial charge in [-0.05, 0) is 68.1 Å². The van der Waals surface area contributed by atoms with Crippen LogP contribution >= 0.6 is 0 Å². The molecule has 5 rings (SSSR count). The minimum atomic E-state index is -3.64. The number of carbonyl (C=O) groups is 1. The first-order valence-corrected chi connectivity index (χ1v) is 12.5. The Hall–Kier alpha value is -2.84. The van der Waals surface area contributed by atoms with Crippen molar-refractivity contribution in [1.29, 1.82) is 0 Å². The average molecular weight is 454 g/mol. The Balaban J connectivity index is 1.36. The normalized spacial score (nSPS) is 19.3. The molecule has 168 valence electrons. The highest BCUT2D eigenvalue weighted by Gasteiger charge is 2.33. The maximum atomic E-state index is 13.4. The van der Waals surface area contributed by atoms with Gasteiger partial charge in [-0.1, -0.05) is 5.57 Å². The van der Waals surface area contributed by atoms with Gasteiger partial charge in [0.1, 0.15) is 5.75 Å². The summed E-state index contributed by atoms with van der Waals surface area (Å²) in [5, 5.41) is 2.89. The average Bonchev–Trinajstić information content (AvgIpc) is 3.45. The van der Waals surface area contributed by atoms with Gasteiger partial charge in [0.2, 0.25) is 10.0 Å². The van der Waals surface area contributed by atoms with E-state index < -0.39 is 10.0 Å². The summed E-state index contributed by atoms with van der Waals surface area (Å²) in [5.74, 6) is 0.686. The van der Waals surface area contributed by atoms with Gasteiger partial charge in [0.15, 0.2) is 0 Å². The number of fused-ring (bicyclic) bond motifs is 1. The van der Waals surface area contributed by atoms with E-state index in [4.69, 9.17) is 4.74 Å². The molecule has 2 aromatic rings. The van der Waals surface area contributed by atoms with E-state index in [0.717, 1.165) is 48.3 Å². The molecular weight excluding hydrogens is 426 g/mol. The summed E-state index contributed by atoms with van der Waals surface area (Å²) >= 11 is 0. The number of methoxy groups -OCH3 is 1. The molecule has 1 N–H and O–H groups in total. The second-order valence-corrected chi connectivity index (χ2v) is 10.4. The standard InChI is InChI=1S/C24H27N3O4S/c1-31-19-8-6-18(7-9-19)26-12-14-27(15-13-26)32(29,30)20-10-11-22-21(16-20)23(24(28)25-22)17-4-2-3-5-17/h6-11,16H,2-5,12-15H2,1H3,(H,25,28). The smallest absolute Gasteiger partial charge is 0.256 e. The van der Waals surface area contributed by atoms with Crippen LogP contribution in [0, 0.1) is 0 Å². The number of allylic oxidation sites excluding steroid dienone is 1. The van der Waals surface area contributed by atoms with Crippen molar-refractivity contribution in [3.63, 3.8) is 0 Å². The van der Waals surface area contributed by atoms with Gasteiger partial charge in [0.25, 0.3) is 5.91 Å². The van der Waals surface area contributed by atoms with E-state index in [0.29, 0.717) is 37.4 Å². The molecule has 3 aliphatic rings. The highest BCUT2D eigenvalue weighted by molar-refractivity contribution is 7.89. The van der Waals surface area contributed by atoms with E-state index in [1.54, 1.807) is 29.6 Å². The van der Waals surface area contributed by atoms with Crippen LogP contribution in [-0.4, -0.2) is 51.9 Å². The van der Waals surface area contributed by atoms with Crippen LogP contribution in [0.5, 0.6) is 5.75 Å².